The molecule has 6 aromatic rings. The minimum Gasteiger partial charge on any atom is -0.347 e. The van der Waals surface area contributed by atoms with Crippen LogP contribution in [0.25, 0.3) is 33.6 Å². The summed E-state index contributed by atoms with van der Waals surface area (Å²) < 4.78 is 55.3. The van der Waals surface area contributed by atoms with Crippen LogP contribution in [0.1, 0.15) is 86.7 Å². The fraction of sp³-hybridized carbons (Fsp3) is 0.300. The predicted molar refractivity (Wildman–Crippen MR) is 208 cm³/mol. The van der Waals surface area contributed by atoms with Crippen LogP contribution in [0.4, 0.5) is 17.6 Å². The van der Waals surface area contributed by atoms with E-state index in [2.05, 4.69) is 41.7 Å². The molecule has 17 heteroatoms. The lowest BCUT2D eigenvalue weighted by Gasteiger charge is -2.24. The highest BCUT2D eigenvalue weighted by Crippen LogP contribution is 2.31. The molecule has 0 aliphatic rings. The molecule has 0 fully saturated rings. The van der Waals surface area contributed by atoms with Gasteiger partial charge in [-0.1, -0.05) is 49.7 Å². The summed E-state index contributed by atoms with van der Waals surface area (Å²) >= 11 is 5.93. The number of halogens is 5. The van der Waals surface area contributed by atoms with Crippen LogP contribution in [0.3, 0.4) is 0 Å². The lowest BCUT2D eigenvalue weighted by Crippen LogP contribution is -2.42. The van der Waals surface area contributed by atoms with E-state index >= 15 is 0 Å². The van der Waals surface area contributed by atoms with Crippen molar-refractivity contribution in [2.45, 2.75) is 78.6 Å². The quantitative estimate of drug-likeness (QED) is 0.131. The Kier molecular flexibility index (Phi) is 12.6. The molecule has 0 atom stereocenters. The van der Waals surface area contributed by atoms with Crippen LogP contribution < -0.4 is 10.6 Å². The van der Waals surface area contributed by atoms with Crippen LogP contribution in [-0.4, -0.2) is 63.3 Å². The van der Waals surface area contributed by atoms with Crippen molar-refractivity contribution < 1.29 is 27.2 Å². The first-order chi connectivity index (χ1) is 26.8. The molecule has 0 aliphatic heterocycles. The van der Waals surface area contributed by atoms with Gasteiger partial charge >= 0.3 is 6.18 Å². The predicted octanol–water partition coefficient (Wildman–Crippen LogP) is 8.62. The number of nitrogens with zero attached hydrogens (tertiary/aromatic N) is 8. The number of aromatic nitrogens is 8. The first-order valence-electron chi connectivity index (χ1n) is 17.9. The molecule has 2 N–H and O–H groups in total. The van der Waals surface area contributed by atoms with Gasteiger partial charge in [-0.2, -0.15) is 22.5 Å². The number of alkyl halides is 3. The molecule has 2 heterocycles. The number of nitrogens with one attached hydrogen (secondary N) is 2. The van der Waals surface area contributed by atoms with Gasteiger partial charge in [0.25, 0.3) is 17.6 Å². The van der Waals surface area contributed by atoms with Gasteiger partial charge in [0.1, 0.15) is 5.82 Å². The highest BCUT2D eigenvalue weighted by Gasteiger charge is 2.38. The zero-order valence-corrected chi connectivity index (χ0v) is 33.0. The van der Waals surface area contributed by atoms with E-state index in [0.29, 0.717) is 44.3 Å². The van der Waals surface area contributed by atoms with Gasteiger partial charge in [-0.25, -0.2) is 4.39 Å². The summed E-state index contributed by atoms with van der Waals surface area (Å²) in [5.41, 5.74) is 3.31. The van der Waals surface area contributed by atoms with E-state index in [4.69, 9.17) is 11.6 Å². The van der Waals surface area contributed by atoms with Gasteiger partial charge in [0.15, 0.2) is 5.82 Å². The van der Waals surface area contributed by atoms with Crippen LogP contribution in [0.2, 0.25) is 5.02 Å². The van der Waals surface area contributed by atoms with E-state index in [1.54, 1.807) is 66.2 Å². The maximum atomic E-state index is 13.3. The minimum absolute atomic E-state index is 0.0132. The van der Waals surface area contributed by atoms with E-state index in [0.717, 1.165) is 17.5 Å². The molecule has 0 saturated carbocycles. The largest absolute Gasteiger partial charge is 0.453 e. The fourth-order valence-corrected chi connectivity index (χ4v) is 5.42. The van der Waals surface area contributed by atoms with E-state index in [1.165, 1.54) is 24.3 Å². The highest BCUT2D eigenvalue weighted by molar-refractivity contribution is 6.30. The molecule has 12 nitrogen and oxygen atoms in total. The van der Waals surface area contributed by atoms with Gasteiger partial charge in [-0.3, -0.25) is 9.59 Å². The van der Waals surface area contributed by atoms with Crippen molar-refractivity contribution in [3.8, 4) is 33.6 Å². The van der Waals surface area contributed by atoms with Gasteiger partial charge in [0, 0.05) is 27.2 Å². The van der Waals surface area contributed by atoms with Crippen LogP contribution in [0, 0.1) is 12.7 Å². The van der Waals surface area contributed by atoms with Crippen molar-refractivity contribution >= 4 is 23.4 Å². The van der Waals surface area contributed by atoms with Crippen molar-refractivity contribution in [2.75, 3.05) is 0 Å². The molecule has 0 bridgehead atoms. The number of tetrazole rings is 2. The number of aryl methyl sites for hydroxylation is 1. The average Bonchev–Trinajstić information content (AvgIpc) is 3.85. The van der Waals surface area contributed by atoms with E-state index in [9.17, 15) is 27.2 Å². The van der Waals surface area contributed by atoms with Crippen molar-refractivity contribution in [2.24, 2.45) is 0 Å². The Morgan fingerprint density at radius 2 is 1.09 bits per heavy atom. The summed E-state index contributed by atoms with van der Waals surface area (Å²) in [4.78, 5) is 25.7. The first-order valence-corrected chi connectivity index (χ1v) is 18.3. The number of carbonyl (C=O) groups is 2. The van der Waals surface area contributed by atoms with Crippen LogP contribution in [0.15, 0.2) is 84.9 Å². The van der Waals surface area contributed by atoms with E-state index in [-0.39, 0.29) is 28.5 Å². The number of carbonyl (C=O) groups excluding carboxylic acids is 2. The molecule has 298 valence electrons. The molecule has 57 heavy (non-hydrogen) atoms. The van der Waals surface area contributed by atoms with Crippen molar-refractivity contribution in [1.29, 1.82) is 0 Å². The second-order valence-electron chi connectivity index (χ2n) is 14.5. The lowest BCUT2D eigenvalue weighted by atomic mass is 9.99. The molecule has 2 amide bonds. The molecule has 0 spiro atoms. The zero-order chi connectivity index (χ0) is 41.7. The average molecular weight is 805 g/mol. The third kappa shape index (κ3) is 10.6. The summed E-state index contributed by atoms with van der Waals surface area (Å²) in [6, 6.07) is 22.7. The van der Waals surface area contributed by atoms with Gasteiger partial charge in [0.05, 0.1) is 11.4 Å². The van der Waals surface area contributed by atoms with Gasteiger partial charge in [0.2, 0.25) is 0 Å². The number of amides is 2. The third-order valence-corrected chi connectivity index (χ3v) is 9.48. The Morgan fingerprint density at radius 1 is 0.649 bits per heavy atom. The van der Waals surface area contributed by atoms with Crippen molar-refractivity contribution in [3.05, 3.63) is 119 Å². The van der Waals surface area contributed by atoms with E-state index in [1.807, 2.05) is 47.6 Å². The second kappa shape index (κ2) is 17.0. The summed E-state index contributed by atoms with van der Waals surface area (Å²) in [5.74, 6) is -1.59. The summed E-state index contributed by atoms with van der Waals surface area (Å²) in [6.07, 6.45) is -3.28. The van der Waals surface area contributed by atoms with Gasteiger partial charge in [-0.05, 0) is 151 Å². The van der Waals surface area contributed by atoms with E-state index < -0.39 is 23.4 Å². The minimum atomic E-state index is -4.76. The van der Waals surface area contributed by atoms with Gasteiger partial charge in [-0.15, -0.1) is 10.2 Å². The number of hydrogen-bond donors (Lipinski definition) is 2. The highest BCUT2D eigenvalue weighted by atomic mass is 35.5. The smallest absolute Gasteiger partial charge is 0.347 e. The summed E-state index contributed by atoms with van der Waals surface area (Å²) in [5, 5.41) is 27.7. The molecule has 6 rings (SSSR count). The third-order valence-electron chi connectivity index (χ3n) is 9.22. The number of hydrogen-bond acceptors (Lipinski definition) is 8. The zero-order valence-electron chi connectivity index (χ0n) is 32.3. The molecular formula is C40H41ClF4N10O2. The summed E-state index contributed by atoms with van der Waals surface area (Å²) in [6.45, 7) is 13.4. The standard InChI is InChI=1S/C20H19ClF3N5O.C20H22FN5O/c1-4-19(2,3)25-17(30)14-9-13(12-5-7-15(21)8-6-12)10-16(11-14)29-18(20(22,23)24)26-27-28-29;1-5-20(3,4)22-19(27)16-10-15(14-6-8-17(21)9-7-14)11-18(12-16)26-13(2)23-24-25-26/h5-11H,4H2,1-3H3,(H,25,30);6-12H,5H2,1-4H3,(H,22,27). The molecule has 4 aromatic carbocycles. The number of benzene rings is 4. The maximum absolute atomic E-state index is 13.3. The maximum Gasteiger partial charge on any atom is 0.453 e. The second-order valence-corrected chi connectivity index (χ2v) is 14.9. The van der Waals surface area contributed by atoms with Crippen LogP contribution in [-0.2, 0) is 6.18 Å². The Hall–Kier alpha value is -6.03. The summed E-state index contributed by atoms with van der Waals surface area (Å²) in [7, 11) is 0. The Labute approximate surface area is 331 Å². The normalized spacial score (nSPS) is 11.8. The molecule has 0 unspecified atom stereocenters. The van der Waals surface area contributed by atoms with Crippen LogP contribution in [0.5, 0.6) is 0 Å². The Balaban J connectivity index is 0.000000219. The van der Waals surface area contributed by atoms with Crippen molar-refractivity contribution in [1.82, 2.24) is 51.0 Å². The van der Waals surface area contributed by atoms with Crippen molar-refractivity contribution in [3.63, 3.8) is 0 Å². The monoisotopic (exact) mass is 804 g/mol. The van der Waals surface area contributed by atoms with Crippen LogP contribution >= 0.6 is 11.6 Å². The molecule has 0 saturated heterocycles. The topological polar surface area (TPSA) is 145 Å². The Bertz CT molecular complexity index is 2360. The molecular weight excluding hydrogens is 764 g/mol. The lowest BCUT2D eigenvalue weighted by molar-refractivity contribution is -0.146. The fourth-order valence-electron chi connectivity index (χ4n) is 5.29. The molecule has 2 aromatic heterocycles. The Morgan fingerprint density at radius 3 is 1.53 bits per heavy atom. The SMILES string of the molecule is CCC(C)(C)NC(=O)c1cc(-c2ccc(Cl)cc2)cc(-n2nnnc2C(F)(F)F)c1.CCC(C)(C)NC(=O)c1cc(-c2ccc(F)cc2)cc(-n2nnnc2C)c1. The molecule has 0 aliphatic carbocycles. The number of rotatable bonds is 10. The first kappa shape index (κ1) is 42.1. The van der Waals surface area contributed by atoms with Gasteiger partial charge < -0.3 is 10.6 Å². The molecule has 0 radical (unpaired) electrons.